The van der Waals surface area contributed by atoms with Gasteiger partial charge in [0, 0.05) is 24.8 Å². The Labute approximate surface area is 131 Å². The molecule has 1 aliphatic rings. The predicted octanol–water partition coefficient (Wildman–Crippen LogP) is 0.891. The van der Waals surface area contributed by atoms with E-state index in [9.17, 15) is 4.79 Å². The first-order valence-electron chi connectivity index (χ1n) is 7.85. The van der Waals surface area contributed by atoms with Gasteiger partial charge in [0.15, 0.2) is 0 Å². The fourth-order valence-corrected chi connectivity index (χ4v) is 3.05. The molecule has 0 aromatic heterocycles. The lowest BCUT2D eigenvalue weighted by atomic mass is 9.97. The summed E-state index contributed by atoms with van der Waals surface area (Å²) in [6.45, 7) is 4.56. The summed E-state index contributed by atoms with van der Waals surface area (Å²) in [4.78, 5) is 13.8. The third-order valence-corrected chi connectivity index (χ3v) is 4.03. The van der Waals surface area contributed by atoms with E-state index in [0.717, 1.165) is 44.6 Å². The fraction of sp³-hybridized carbons (Fsp3) is 0.562. The van der Waals surface area contributed by atoms with Crippen LogP contribution in [0.4, 0.5) is 5.69 Å². The summed E-state index contributed by atoms with van der Waals surface area (Å²) in [5.41, 5.74) is 11.4. The van der Waals surface area contributed by atoms with Gasteiger partial charge in [0.05, 0.1) is 6.54 Å². The van der Waals surface area contributed by atoms with Gasteiger partial charge in [0.2, 0.25) is 5.91 Å². The largest absolute Gasteiger partial charge is 0.398 e. The molecule has 0 saturated heterocycles. The molecule has 0 unspecified atom stereocenters. The summed E-state index contributed by atoms with van der Waals surface area (Å²) in [6.07, 6.45) is 3.31. The molecule has 22 heavy (non-hydrogen) atoms. The van der Waals surface area contributed by atoms with Crippen molar-refractivity contribution in [2.75, 3.05) is 25.4 Å². The third-order valence-electron chi connectivity index (χ3n) is 4.03. The van der Waals surface area contributed by atoms with Gasteiger partial charge in [0.1, 0.15) is 0 Å². The highest BCUT2D eigenvalue weighted by molar-refractivity contribution is 5.78. The van der Waals surface area contributed by atoms with Gasteiger partial charge >= 0.3 is 0 Å². The van der Waals surface area contributed by atoms with Gasteiger partial charge in [0.25, 0.3) is 0 Å². The van der Waals surface area contributed by atoms with Gasteiger partial charge in [-0.05, 0) is 49.9 Å². The molecule has 5 N–H and O–H groups in total. The zero-order valence-corrected chi connectivity index (χ0v) is 13.1. The van der Waals surface area contributed by atoms with E-state index in [2.05, 4.69) is 16.3 Å². The molecule has 0 spiro atoms. The van der Waals surface area contributed by atoms with Crippen LogP contribution in [-0.4, -0.2) is 41.7 Å². The fourth-order valence-electron chi connectivity index (χ4n) is 3.05. The number of nitrogens with zero attached hydrogens (tertiary/aromatic N) is 1. The summed E-state index contributed by atoms with van der Waals surface area (Å²) in [5, 5.41) is 11.4. The van der Waals surface area contributed by atoms with Crippen molar-refractivity contribution in [1.82, 2.24) is 15.7 Å². The van der Waals surface area contributed by atoms with E-state index < -0.39 is 0 Å². The Kier molecular flexibility index (Phi) is 6.18. The zero-order valence-electron chi connectivity index (χ0n) is 13.1. The van der Waals surface area contributed by atoms with Crippen LogP contribution in [0.15, 0.2) is 18.2 Å². The number of carbonyl (C=O) groups excluding carboxylic acids is 1. The molecular weight excluding hydrogens is 280 g/mol. The van der Waals surface area contributed by atoms with Crippen LogP contribution in [0.2, 0.25) is 0 Å². The third kappa shape index (κ3) is 4.69. The zero-order chi connectivity index (χ0) is 15.9. The minimum Gasteiger partial charge on any atom is -0.398 e. The monoisotopic (exact) mass is 306 g/mol. The van der Waals surface area contributed by atoms with Crippen LogP contribution in [-0.2, 0) is 17.8 Å². The van der Waals surface area contributed by atoms with Crippen molar-refractivity contribution in [3.05, 3.63) is 29.3 Å². The molecular formula is C16H26N4O2. The van der Waals surface area contributed by atoms with Crippen molar-refractivity contribution in [3.8, 4) is 0 Å². The number of fused-ring (bicyclic) bond motifs is 1. The van der Waals surface area contributed by atoms with E-state index in [1.54, 1.807) is 0 Å². The van der Waals surface area contributed by atoms with Gasteiger partial charge in [-0.1, -0.05) is 12.1 Å². The Morgan fingerprint density at radius 2 is 2.27 bits per heavy atom. The van der Waals surface area contributed by atoms with Crippen molar-refractivity contribution in [1.29, 1.82) is 0 Å². The smallest absolute Gasteiger partial charge is 0.236 e. The molecule has 1 atom stereocenters. The number of hydroxylamine groups is 1. The van der Waals surface area contributed by atoms with Crippen LogP contribution in [0.1, 0.15) is 30.9 Å². The number of nitrogen functional groups attached to an aromatic ring is 1. The second-order valence-electron chi connectivity index (χ2n) is 5.98. The first kappa shape index (κ1) is 16.7. The Hall–Kier alpha value is -1.63. The van der Waals surface area contributed by atoms with Gasteiger partial charge in [-0.15, -0.1) is 0 Å². The molecule has 0 saturated carbocycles. The molecule has 6 nitrogen and oxygen atoms in total. The quantitative estimate of drug-likeness (QED) is 0.479. The van der Waals surface area contributed by atoms with E-state index in [1.807, 2.05) is 24.5 Å². The first-order chi connectivity index (χ1) is 10.6. The van der Waals surface area contributed by atoms with Gasteiger partial charge < -0.3 is 16.3 Å². The highest BCUT2D eigenvalue weighted by Gasteiger charge is 2.17. The number of anilines is 1. The minimum absolute atomic E-state index is 0.0322. The standard InChI is InChI=1S/C16H26N4O2/c1-12(19-16(21)9-18-22)10-20-8-3-2-6-14-13(11-20)5-4-7-15(14)17/h4-5,7,12,18,22H,2-3,6,8-11,17H2,1H3,(H,19,21)/t12-/m0/s1. The number of hydrogen-bond donors (Lipinski definition) is 4. The van der Waals surface area contributed by atoms with Crippen molar-refractivity contribution in [3.63, 3.8) is 0 Å². The lowest BCUT2D eigenvalue weighted by molar-refractivity contribution is -0.122. The highest BCUT2D eigenvalue weighted by atomic mass is 16.5. The summed E-state index contributed by atoms with van der Waals surface area (Å²) in [6, 6.07) is 6.15. The molecule has 0 aliphatic carbocycles. The van der Waals surface area contributed by atoms with Crippen molar-refractivity contribution in [2.45, 2.75) is 38.8 Å². The predicted molar refractivity (Wildman–Crippen MR) is 86.5 cm³/mol. The van der Waals surface area contributed by atoms with Crippen LogP contribution in [0.25, 0.3) is 0 Å². The van der Waals surface area contributed by atoms with E-state index in [0.29, 0.717) is 0 Å². The SMILES string of the molecule is C[C@@H](CN1CCCCc2c(N)cccc2C1)NC(=O)CNO. The summed E-state index contributed by atoms with van der Waals surface area (Å²) in [5.74, 6) is -0.202. The average Bonchev–Trinajstić information content (AvgIpc) is 2.42. The number of nitrogens with two attached hydrogens (primary N) is 1. The maximum Gasteiger partial charge on any atom is 0.236 e. The maximum absolute atomic E-state index is 11.5. The average molecular weight is 306 g/mol. The number of hydrogen-bond acceptors (Lipinski definition) is 5. The lowest BCUT2D eigenvalue weighted by Gasteiger charge is -2.29. The van der Waals surface area contributed by atoms with Gasteiger partial charge in [-0.2, -0.15) is 5.48 Å². The van der Waals surface area contributed by atoms with Crippen LogP contribution < -0.4 is 16.5 Å². The maximum atomic E-state index is 11.5. The second-order valence-corrected chi connectivity index (χ2v) is 5.98. The summed E-state index contributed by atoms with van der Waals surface area (Å²) < 4.78 is 0. The Morgan fingerprint density at radius 1 is 1.45 bits per heavy atom. The van der Waals surface area contributed by atoms with E-state index in [-0.39, 0.29) is 18.5 Å². The molecule has 1 aromatic rings. The normalized spacial score (nSPS) is 17.2. The second kappa shape index (κ2) is 8.12. The Bertz CT molecular complexity index is 507. The van der Waals surface area contributed by atoms with Crippen LogP contribution in [0, 0.1) is 0 Å². The summed E-state index contributed by atoms with van der Waals surface area (Å²) >= 11 is 0. The Balaban J connectivity index is 1.98. The van der Waals surface area contributed by atoms with Crippen LogP contribution >= 0.6 is 0 Å². The molecule has 1 amide bonds. The van der Waals surface area contributed by atoms with Crippen LogP contribution in [0.5, 0.6) is 0 Å². The topological polar surface area (TPSA) is 90.6 Å². The molecule has 0 radical (unpaired) electrons. The first-order valence-corrected chi connectivity index (χ1v) is 7.85. The van der Waals surface area contributed by atoms with Crippen molar-refractivity contribution < 1.29 is 10.0 Å². The number of amides is 1. The molecule has 1 aliphatic heterocycles. The van der Waals surface area contributed by atoms with Crippen molar-refractivity contribution in [2.24, 2.45) is 0 Å². The molecule has 122 valence electrons. The minimum atomic E-state index is -0.202. The lowest BCUT2D eigenvalue weighted by Crippen LogP contribution is -2.44. The molecule has 1 aromatic carbocycles. The number of rotatable bonds is 5. The number of nitrogens with one attached hydrogen (secondary N) is 2. The van der Waals surface area contributed by atoms with Crippen molar-refractivity contribution >= 4 is 11.6 Å². The molecule has 0 bridgehead atoms. The van der Waals surface area contributed by atoms with E-state index >= 15 is 0 Å². The molecule has 2 rings (SSSR count). The number of benzene rings is 1. The van der Waals surface area contributed by atoms with Crippen LogP contribution in [0.3, 0.4) is 0 Å². The van der Waals surface area contributed by atoms with Gasteiger partial charge in [-0.3, -0.25) is 9.69 Å². The van der Waals surface area contributed by atoms with Gasteiger partial charge in [-0.25, -0.2) is 0 Å². The number of carbonyl (C=O) groups is 1. The van der Waals surface area contributed by atoms with E-state index in [1.165, 1.54) is 11.1 Å². The molecule has 0 fully saturated rings. The molecule has 6 heteroatoms. The highest BCUT2D eigenvalue weighted by Crippen LogP contribution is 2.23. The Morgan fingerprint density at radius 3 is 3.05 bits per heavy atom. The molecule has 1 heterocycles. The summed E-state index contributed by atoms with van der Waals surface area (Å²) in [7, 11) is 0. The van der Waals surface area contributed by atoms with E-state index in [4.69, 9.17) is 10.9 Å².